The number of benzene rings is 2. The van der Waals surface area contributed by atoms with Crippen LogP contribution in [0.4, 0.5) is 5.69 Å². The van der Waals surface area contributed by atoms with E-state index in [1.54, 1.807) is 36.4 Å². The summed E-state index contributed by atoms with van der Waals surface area (Å²) in [7, 11) is 1.49. The number of amides is 1. The molecule has 0 fully saturated rings. The molecular formula is C16H13N3O4. The van der Waals surface area contributed by atoms with E-state index in [1.807, 2.05) is 0 Å². The first-order chi connectivity index (χ1) is 11.0. The molecule has 0 spiro atoms. The first-order valence-corrected chi connectivity index (χ1v) is 6.76. The average molecular weight is 311 g/mol. The number of fused-ring (bicyclic) bond motifs is 1. The van der Waals surface area contributed by atoms with Crippen LogP contribution in [0.3, 0.4) is 0 Å². The van der Waals surface area contributed by atoms with Gasteiger partial charge in [0.25, 0.3) is 11.6 Å². The van der Waals surface area contributed by atoms with Gasteiger partial charge in [-0.05, 0) is 18.2 Å². The van der Waals surface area contributed by atoms with Crippen molar-refractivity contribution < 1.29 is 14.5 Å². The number of carbonyl (C=O) groups is 1. The molecule has 0 radical (unpaired) electrons. The summed E-state index contributed by atoms with van der Waals surface area (Å²) in [4.78, 5) is 22.7. The standard InChI is InChI=1S/C16H13N3O4/c1-23-14-8-3-2-6-11(14)18-13(16(17)20)9-10-5-4-7-12(15(10)18)19(21)22/h2-9H,1H3,(H2,17,20). The molecule has 2 N–H and O–H groups in total. The number of aromatic nitrogens is 1. The lowest BCUT2D eigenvalue weighted by atomic mass is 10.2. The summed E-state index contributed by atoms with van der Waals surface area (Å²) in [6.45, 7) is 0. The normalized spacial score (nSPS) is 10.7. The second kappa shape index (κ2) is 5.45. The Kier molecular flexibility index (Phi) is 3.46. The van der Waals surface area contributed by atoms with Crippen molar-refractivity contribution in [2.45, 2.75) is 0 Å². The van der Waals surface area contributed by atoms with E-state index in [0.717, 1.165) is 0 Å². The average Bonchev–Trinajstić information content (AvgIpc) is 2.94. The van der Waals surface area contributed by atoms with Crippen LogP contribution >= 0.6 is 0 Å². The number of rotatable bonds is 4. The Morgan fingerprint density at radius 1 is 1.22 bits per heavy atom. The number of nitro groups is 1. The highest BCUT2D eigenvalue weighted by atomic mass is 16.6. The lowest BCUT2D eigenvalue weighted by Crippen LogP contribution is -2.16. The number of non-ortho nitro benzene ring substituents is 1. The molecule has 3 aromatic rings. The van der Waals surface area contributed by atoms with Crippen molar-refractivity contribution in [1.29, 1.82) is 0 Å². The van der Waals surface area contributed by atoms with Crippen LogP contribution in [0.1, 0.15) is 10.5 Å². The highest BCUT2D eigenvalue weighted by molar-refractivity contribution is 6.01. The van der Waals surface area contributed by atoms with Gasteiger partial charge in [-0.1, -0.05) is 24.3 Å². The van der Waals surface area contributed by atoms with Crippen LogP contribution in [-0.4, -0.2) is 22.5 Å². The van der Waals surface area contributed by atoms with Crippen molar-refractivity contribution in [3.63, 3.8) is 0 Å². The molecule has 0 unspecified atom stereocenters. The molecule has 116 valence electrons. The molecule has 1 amide bonds. The summed E-state index contributed by atoms with van der Waals surface area (Å²) in [6, 6.07) is 13.1. The van der Waals surface area contributed by atoms with Crippen LogP contribution < -0.4 is 10.5 Å². The van der Waals surface area contributed by atoms with E-state index in [0.29, 0.717) is 22.3 Å². The molecule has 0 bridgehead atoms. The molecule has 0 aliphatic rings. The largest absolute Gasteiger partial charge is 0.495 e. The van der Waals surface area contributed by atoms with E-state index >= 15 is 0 Å². The molecule has 0 aliphatic carbocycles. The predicted molar refractivity (Wildman–Crippen MR) is 85.0 cm³/mol. The van der Waals surface area contributed by atoms with Gasteiger partial charge in [0.1, 0.15) is 17.0 Å². The van der Waals surface area contributed by atoms with E-state index in [2.05, 4.69) is 0 Å². The van der Waals surface area contributed by atoms with E-state index in [-0.39, 0.29) is 11.4 Å². The molecule has 1 heterocycles. The van der Waals surface area contributed by atoms with Crippen LogP contribution in [0, 0.1) is 10.1 Å². The van der Waals surface area contributed by atoms with Gasteiger partial charge in [0, 0.05) is 11.5 Å². The van der Waals surface area contributed by atoms with E-state index in [4.69, 9.17) is 10.5 Å². The van der Waals surface area contributed by atoms with Crippen LogP contribution in [0.2, 0.25) is 0 Å². The van der Waals surface area contributed by atoms with Gasteiger partial charge in [-0.3, -0.25) is 19.5 Å². The minimum Gasteiger partial charge on any atom is -0.495 e. The van der Waals surface area contributed by atoms with Crippen molar-refractivity contribution in [3.05, 3.63) is 64.3 Å². The van der Waals surface area contributed by atoms with Crippen molar-refractivity contribution in [3.8, 4) is 11.4 Å². The Morgan fingerprint density at radius 2 is 1.96 bits per heavy atom. The lowest BCUT2D eigenvalue weighted by molar-refractivity contribution is -0.383. The molecule has 0 aliphatic heterocycles. The summed E-state index contributed by atoms with van der Waals surface area (Å²) >= 11 is 0. The zero-order valence-electron chi connectivity index (χ0n) is 12.2. The summed E-state index contributed by atoms with van der Waals surface area (Å²) in [6.07, 6.45) is 0. The Hall–Kier alpha value is -3.35. The molecule has 7 heteroatoms. The van der Waals surface area contributed by atoms with Gasteiger partial charge >= 0.3 is 0 Å². The van der Waals surface area contributed by atoms with Crippen LogP contribution in [0.5, 0.6) is 5.75 Å². The molecule has 0 saturated carbocycles. The molecule has 7 nitrogen and oxygen atoms in total. The molecule has 0 saturated heterocycles. The minimum atomic E-state index is -0.679. The van der Waals surface area contributed by atoms with Gasteiger partial charge in [0.05, 0.1) is 17.7 Å². The number of hydrogen-bond donors (Lipinski definition) is 1. The number of methoxy groups -OCH3 is 1. The first kappa shape index (κ1) is 14.6. The van der Waals surface area contributed by atoms with Crippen molar-refractivity contribution in [1.82, 2.24) is 4.57 Å². The Balaban J connectivity index is 2.49. The van der Waals surface area contributed by atoms with Crippen molar-refractivity contribution in [2.24, 2.45) is 5.73 Å². The SMILES string of the molecule is COc1ccccc1-n1c(C(N)=O)cc2cccc([N+](=O)[O-])c21. The lowest BCUT2D eigenvalue weighted by Gasteiger charge is -2.13. The first-order valence-electron chi connectivity index (χ1n) is 6.76. The quantitative estimate of drug-likeness (QED) is 0.591. The second-order valence-electron chi connectivity index (χ2n) is 4.87. The zero-order valence-corrected chi connectivity index (χ0v) is 12.2. The number of nitro benzene ring substituents is 1. The number of nitrogens with zero attached hydrogens (tertiary/aromatic N) is 2. The zero-order chi connectivity index (χ0) is 16.6. The predicted octanol–water partition coefficient (Wildman–Crippen LogP) is 2.65. The molecule has 23 heavy (non-hydrogen) atoms. The fourth-order valence-corrected chi connectivity index (χ4v) is 2.63. The Labute approximate surface area is 131 Å². The smallest absolute Gasteiger partial charge is 0.293 e. The van der Waals surface area contributed by atoms with Gasteiger partial charge in [0.15, 0.2) is 0 Å². The van der Waals surface area contributed by atoms with Crippen LogP contribution in [0.25, 0.3) is 16.6 Å². The number of para-hydroxylation sites is 3. The molecule has 0 atom stereocenters. The van der Waals surface area contributed by atoms with Gasteiger partial charge in [-0.15, -0.1) is 0 Å². The maximum absolute atomic E-state index is 11.8. The topological polar surface area (TPSA) is 100 Å². The third kappa shape index (κ3) is 2.28. The number of ether oxygens (including phenoxy) is 1. The minimum absolute atomic E-state index is 0.110. The highest BCUT2D eigenvalue weighted by Crippen LogP contribution is 2.34. The number of carbonyl (C=O) groups excluding carboxylic acids is 1. The maximum atomic E-state index is 11.8. The summed E-state index contributed by atoms with van der Waals surface area (Å²) in [5, 5.41) is 11.9. The van der Waals surface area contributed by atoms with Crippen molar-refractivity contribution in [2.75, 3.05) is 7.11 Å². The number of nitrogens with two attached hydrogens (primary N) is 1. The van der Waals surface area contributed by atoms with Gasteiger partial charge in [-0.25, -0.2) is 0 Å². The van der Waals surface area contributed by atoms with Crippen molar-refractivity contribution >= 4 is 22.5 Å². The fourth-order valence-electron chi connectivity index (χ4n) is 2.63. The Bertz CT molecular complexity index is 930. The summed E-state index contributed by atoms with van der Waals surface area (Å²) in [5.41, 5.74) is 6.31. The van der Waals surface area contributed by atoms with E-state index < -0.39 is 10.8 Å². The van der Waals surface area contributed by atoms with Crippen LogP contribution in [-0.2, 0) is 0 Å². The van der Waals surface area contributed by atoms with Gasteiger partial charge < -0.3 is 10.5 Å². The summed E-state index contributed by atoms with van der Waals surface area (Å²) in [5.74, 6) is -0.202. The molecular weight excluding hydrogens is 298 g/mol. The summed E-state index contributed by atoms with van der Waals surface area (Å²) < 4.78 is 6.78. The second-order valence-corrected chi connectivity index (χ2v) is 4.87. The third-order valence-electron chi connectivity index (χ3n) is 3.58. The Morgan fingerprint density at radius 3 is 2.61 bits per heavy atom. The van der Waals surface area contributed by atoms with E-state index in [9.17, 15) is 14.9 Å². The van der Waals surface area contributed by atoms with Crippen LogP contribution in [0.15, 0.2) is 48.5 Å². The fraction of sp³-hybridized carbons (Fsp3) is 0.0625. The number of primary amides is 1. The molecule has 2 aromatic carbocycles. The highest BCUT2D eigenvalue weighted by Gasteiger charge is 2.23. The molecule has 3 rings (SSSR count). The van der Waals surface area contributed by atoms with Gasteiger partial charge in [0.2, 0.25) is 0 Å². The molecule has 1 aromatic heterocycles. The van der Waals surface area contributed by atoms with Gasteiger partial charge in [-0.2, -0.15) is 0 Å². The maximum Gasteiger partial charge on any atom is 0.293 e. The number of hydrogen-bond acceptors (Lipinski definition) is 4. The third-order valence-corrected chi connectivity index (χ3v) is 3.58. The monoisotopic (exact) mass is 311 g/mol. The van der Waals surface area contributed by atoms with E-state index in [1.165, 1.54) is 23.8 Å².